The van der Waals surface area contributed by atoms with Crippen molar-refractivity contribution in [1.29, 1.82) is 0 Å². The minimum Gasteiger partial charge on any atom is -0.397 e. The molecule has 2 N–H and O–H groups in total. The Hall–Kier alpha value is -1.29. The van der Waals surface area contributed by atoms with E-state index in [0.29, 0.717) is 11.3 Å². The minimum absolute atomic E-state index is 0.133. The van der Waals surface area contributed by atoms with Crippen molar-refractivity contribution >= 4 is 23.2 Å². The summed E-state index contributed by atoms with van der Waals surface area (Å²) in [4.78, 5) is 17.6. The lowest BCUT2D eigenvalue weighted by Crippen LogP contribution is -2.28. The van der Waals surface area contributed by atoms with Crippen LogP contribution in [0.15, 0.2) is 12.3 Å². The van der Waals surface area contributed by atoms with Crippen LogP contribution in [0.5, 0.6) is 0 Å². The van der Waals surface area contributed by atoms with Crippen LogP contribution in [0.3, 0.4) is 0 Å². The number of halogens is 1. The van der Waals surface area contributed by atoms with E-state index >= 15 is 0 Å². The Morgan fingerprint density at radius 3 is 2.88 bits per heavy atom. The molecule has 1 aromatic heterocycles. The van der Waals surface area contributed by atoms with E-state index in [1.54, 1.807) is 18.0 Å². The maximum Gasteiger partial charge on any atom is 0.256 e. The summed E-state index contributed by atoms with van der Waals surface area (Å²) < 4.78 is 0. The first-order chi connectivity index (χ1) is 8.06. The van der Waals surface area contributed by atoms with E-state index in [1.807, 2.05) is 0 Å². The third-order valence-electron chi connectivity index (χ3n) is 2.53. The van der Waals surface area contributed by atoms with Gasteiger partial charge in [0.25, 0.3) is 5.91 Å². The molecule has 1 rings (SSSR count). The quantitative estimate of drug-likeness (QED) is 0.650. The van der Waals surface area contributed by atoms with Crippen molar-refractivity contribution in [1.82, 2.24) is 9.88 Å². The van der Waals surface area contributed by atoms with Crippen LogP contribution < -0.4 is 5.73 Å². The molecule has 0 radical (unpaired) electrons. The zero-order valence-electron chi connectivity index (χ0n) is 10.2. The third-order valence-corrected chi connectivity index (χ3v) is 2.84. The zero-order chi connectivity index (χ0) is 12.8. The second-order valence-corrected chi connectivity index (χ2v) is 4.40. The van der Waals surface area contributed by atoms with Gasteiger partial charge in [-0.3, -0.25) is 4.79 Å². The van der Waals surface area contributed by atoms with Crippen molar-refractivity contribution in [2.45, 2.75) is 26.2 Å². The number of nitrogens with two attached hydrogens (primary N) is 1. The van der Waals surface area contributed by atoms with Crippen molar-refractivity contribution in [2.24, 2.45) is 0 Å². The summed E-state index contributed by atoms with van der Waals surface area (Å²) in [6, 6.07) is 1.56. The minimum atomic E-state index is -0.133. The SMILES string of the molecule is CCCCCN(C)C(=O)c1cc(N)cnc1Cl. The molecule has 94 valence electrons. The Balaban J connectivity index is 2.71. The van der Waals surface area contributed by atoms with Gasteiger partial charge in [-0.15, -0.1) is 0 Å². The van der Waals surface area contributed by atoms with Crippen LogP contribution in [-0.4, -0.2) is 29.4 Å². The lowest BCUT2D eigenvalue weighted by molar-refractivity contribution is 0.0792. The van der Waals surface area contributed by atoms with Crippen LogP contribution in [0.1, 0.15) is 36.5 Å². The van der Waals surface area contributed by atoms with Crippen LogP contribution in [0.2, 0.25) is 5.15 Å². The lowest BCUT2D eigenvalue weighted by Gasteiger charge is -2.17. The second-order valence-electron chi connectivity index (χ2n) is 4.04. The summed E-state index contributed by atoms with van der Waals surface area (Å²) >= 11 is 5.88. The van der Waals surface area contributed by atoms with Crippen LogP contribution in [0.25, 0.3) is 0 Å². The maximum absolute atomic E-state index is 12.1. The number of rotatable bonds is 5. The van der Waals surface area contributed by atoms with Gasteiger partial charge in [0.15, 0.2) is 0 Å². The highest BCUT2D eigenvalue weighted by atomic mass is 35.5. The van der Waals surface area contributed by atoms with Gasteiger partial charge in [0.2, 0.25) is 0 Å². The van der Waals surface area contributed by atoms with Crippen molar-refractivity contribution in [3.63, 3.8) is 0 Å². The van der Waals surface area contributed by atoms with Gasteiger partial charge in [0, 0.05) is 13.6 Å². The van der Waals surface area contributed by atoms with E-state index < -0.39 is 0 Å². The number of carbonyl (C=O) groups excluding carboxylic acids is 1. The molecule has 0 saturated carbocycles. The smallest absolute Gasteiger partial charge is 0.256 e. The predicted molar refractivity (Wildman–Crippen MR) is 70.1 cm³/mol. The van der Waals surface area contributed by atoms with Gasteiger partial charge in [-0.25, -0.2) is 4.98 Å². The van der Waals surface area contributed by atoms with Gasteiger partial charge >= 0.3 is 0 Å². The summed E-state index contributed by atoms with van der Waals surface area (Å²) in [5.74, 6) is -0.133. The van der Waals surface area contributed by atoms with Crippen molar-refractivity contribution in [2.75, 3.05) is 19.3 Å². The molecule has 0 atom stereocenters. The first kappa shape index (κ1) is 13.8. The molecule has 1 aromatic rings. The van der Waals surface area contributed by atoms with E-state index in [9.17, 15) is 4.79 Å². The molecule has 0 bridgehead atoms. The van der Waals surface area contributed by atoms with E-state index in [-0.39, 0.29) is 11.1 Å². The topological polar surface area (TPSA) is 59.2 Å². The number of hydrogen-bond acceptors (Lipinski definition) is 3. The molecule has 0 aliphatic rings. The highest BCUT2D eigenvalue weighted by Crippen LogP contribution is 2.17. The molecule has 0 aliphatic heterocycles. The Morgan fingerprint density at radius 1 is 1.53 bits per heavy atom. The summed E-state index contributed by atoms with van der Waals surface area (Å²) in [6.45, 7) is 2.85. The summed E-state index contributed by atoms with van der Waals surface area (Å²) in [6.07, 6.45) is 4.67. The summed E-state index contributed by atoms with van der Waals surface area (Å²) in [5, 5.41) is 0.201. The molecule has 0 aliphatic carbocycles. The average Bonchev–Trinajstić information content (AvgIpc) is 2.31. The first-order valence-electron chi connectivity index (χ1n) is 5.72. The molecule has 17 heavy (non-hydrogen) atoms. The lowest BCUT2D eigenvalue weighted by atomic mass is 10.2. The number of nitrogens with zero attached hydrogens (tertiary/aromatic N) is 2. The molecule has 0 unspecified atom stereocenters. The Morgan fingerprint density at radius 2 is 2.24 bits per heavy atom. The van der Waals surface area contributed by atoms with E-state index in [1.165, 1.54) is 6.20 Å². The third kappa shape index (κ3) is 3.89. The number of pyridine rings is 1. The van der Waals surface area contributed by atoms with Crippen molar-refractivity contribution < 1.29 is 4.79 Å². The summed E-state index contributed by atoms with van der Waals surface area (Å²) in [7, 11) is 1.76. The number of aromatic nitrogens is 1. The van der Waals surface area contributed by atoms with E-state index in [2.05, 4.69) is 11.9 Å². The molecular formula is C12H18ClN3O. The average molecular weight is 256 g/mol. The van der Waals surface area contributed by atoms with Crippen LogP contribution in [0, 0.1) is 0 Å². The summed E-state index contributed by atoms with van der Waals surface area (Å²) in [5.41, 5.74) is 6.41. The monoisotopic (exact) mass is 255 g/mol. The van der Waals surface area contributed by atoms with E-state index in [0.717, 1.165) is 25.8 Å². The van der Waals surface area contributed by atoms with Gasteiger partial charge in [-0.2, -0.15) is 0 Å². The zero-order valence-corrected chi connectivity index (χ0v) is 11.0. The normalized spacial score (nSPS) is 10.3. The second kappa shape index (κ2) is 6.45. The number of amides is 1. The Labute approximate surface area is 107 Å². The fraction of sp³-hybridized carbons (Fsp3) is 0.500. The highest BCUT2D eigenvalue weighted by Gasteiger charge is 2.15. The molecule has 4 nitrogen and oxygen atoms in total. The number of carbonyl (C=O) groups is 1. The molecule has 0 saturated heterocycles. The van der Waals surface area contributed by atoms with Crippen molar-refractivity contribution in [3.8, 4) is 0 Å². The molecule has 0 spiro atoms. The van der Waals surface area contributed by atoms with Crippen molar-refractivity contribution in [3.05, 3.63) is 23.0 Å². The van der Waals surface area contributed by atoms with Gasteiger partial charge in [0.05, 0.1) is 17.4 Å². The molecule has 5 heteroatoms. The predicted octanol–water partition coefficient (Wildman–Crippen LogP) is 2.58. The van der Waals surface area contributed by atoms with Gasteiger partial charge in [-0.1, -0.05) is 31.4 Å². The fourth-order valence-electron chi connectivity index (χ4n) is 1.52. The van der Waals surface area contributed by atoms with Gasteiger partial charge in [0.1, 0.15) is 5.15 Å². The van der Waals surface area contributed by atoms with Crippen LogP contribution in [-0.2, 0) is 0 Å². The Kier molecular flexibility index (Phi) is 5.22. The molecule has 0 fully saturated rings. The highest BCUT2D eigenvalue weighted by molar-refractivity contribution is 6.32. The van der Waals surface area contributed by atoms with Crippen LogP contribution in [0.4, 0.5) is 5.69 Å². The number of hydrogen-bond donors (Lipinski definition) is 1. The first-order valence-corrected chi connectivity index (χ1v) is 6.10. The number of nitrogen functional groups attached to an aromatic ring is 1. The molecule has 1 amide bonds. The van der Waals surface area contributed by atoms with Gasteiger partial charge in [-0.05, 0) is 12.5 Å². The molecule has 1 heterocycles. The Bertz CT molecular complexity index is 395. The fourth-order valence-corrected chi connectivity index (χ4v) is 1.70. The van der Waals surface area contributed by atoms with Gasteiger partial charge < -0.3 is 10.6 Å². The number of unbranched alkanes of at least 4 members (excludes halogenated alkanes) is 2. The van der Waals surface area contributed by atoms with Crippen LogP contribution >= 0.6 is 11.6 Å². The maximum atomic E-state index is 12.1. The van der Waals surface area contributed by atoms with E-state index in [4.69, 9.17) is 17.3 Å². The standard InChI is InChI=1S/C12H18ClN3O/c1-3-4-5-6-16(2)12(17)10-7-9(14)8-15-11(10)13/h7-8H,3-6,14H2,1-2H3. The number of anilines is 1. The largest absolute Gasteiger partial charge is 0.397 e. The molecule has 0 aromatic carbocycles. The molecular weight excluding hydrogens is 238 g/mol.